The van der Waals surface area contributed by atoms with Gasteiger partial charge in [-0.25, -0.2) is 9.59 Å². The molecule has 0 heterocycles. The Morgan fingerprint density at radius 2 is 2.00 bits per heavy atom. The number of aliphatic hydroxyl groups is 1. The van der Waals surface area contributed by atoms with Crippen molar-refractivity contribution in [1.29, 1.82) is 0 Å². The minimum atomic E-state index is -1.49. The molecule has 4 rings (SSSR count). The Balaban J connectivity index is 1.73. The fourth-order valence-electron chi connectivity index (χ4n) is 7.31. The molecule has 0 aromatic carbocycles. The summed E-state index contributed by atoms with van der Waals surface area (Å²) in [6.45, 7) is 5.86. The minimum Gasteiger partial charge on any atom is -0.466 e. The Hall–Kier alpha value is -2.15. The van der Waals surface area contributed by atoms with Crippen LogP contribution in [0.15, 0.2) is 23.8 Å². The van der Waals surface area contributed by atoms with E-state index in [1.165, 1.54) is 7.11 Å². The molecule has 0 spiro atoms. The SMILES string of the molecule is CCOC(=O)O[C@@]1(C(=O)OC)CCC2C3CCC4=CC(=O)C=C[C@]4(C)C3[C@@H](O)C[C@@]21C. The van der Waals surface area contributed by atoms with Crippen molar-refractivity contribution in [2.45, 2.75) is 64.6 Å². The lowest BCUT2D eigenvalue weighted by atomic mass is 9.46. The number of aliphatic hydroxyl groups excluding tert-OH is 1. The first-order chi connectivity index (χ1) is 14.6. The van der Waals surface area contributed by atoms with Crippen LogP contribution in [0.5, 0.6) is 0 Å². The molecular formula is C24H32O7. The molecule has 4 aliphatic carbocycles. The number of hydrogen-bond acceptors (Lipinski definition) is 7. The van der Waals surface area contributed by atoms with Gasteiger partial charge in [-0.2, -0.15) is 0 Å². The highest BCUT2D eigenvalue weighted by Gasteiger charge is 2.71. The molecule has 1 N–H and O–H groups in total. The Kier molecular flexibility index (Phi) is 5.31. The standard InChI is InChI=1S/C24H32O7/c1-5-30-21(28)31-24(20(27)29-4)11-9-17-16-7-6-14-12-15(25)8-10-22(14,2)19(16)18(26)13-23(17,24)3/h8,10,12,16-19,26H,5-7,9,11,13H2,1-4H3/t16?,17?,18-,19?,22-,23-,24+/m0/s1. The van der Waals surface area contributed by atoms with E-state index in [4.69, 9.17) is 14.2 Å². The van der Waals surface area contributed by atoms with Crippen LogP contribution in [0.2, 0.25) is 0 Å². The average Bonchev–Trinajstić information content (AvgIpc) is 3.00. The molecule has 3 fully saturated rings. The molecule has 0 amide bonds. The predicted molar refractivity (Wildman–Crippen MR) is 111 cm³/mol. The van der Waals surface area contributed by atoms with Crippen molar-refractivity contribution in [2.75, 3.05) is 13.7 Å². The highest BCUT2D eigenvalue weighted by Crippen LogP contribution is 2.67. The summed E-state index contributed by atoms with van der Waals surface area (Å²) in [5, 5.41) is 11.4. The second-order valence-corrected chi connectivity index (χ2v) is 9.85. The highest BCUT2D eigenvalue weighted by atomic mass is 16.7. The Bertz CT molecular complexity index is 860. The van der Waals surface area contributed by atoms with E-state index in [-0.39, 0.29) is 30.1 Å². The lowest BCUT2D eigenvalue weighted by molar-refractivity contribution is -0.199. The largest absolute Gasteiger partial charge is 0.509 e. The van der Waals surface area contributed by atoms with Crippen LogP contribution in [-0.2, 0) is 23.8 Å². The topological polar surface area (TPSA) is 99.1 Å². The van der Waals surface area contributed by atoms with Crippen molar-refractivity contribution >= 4 is 17.9 Å². The fourth-order valence-corrected chi connectivity index (χ4v) is 7.31. The Morgan fingerprint density at radius 1 is 1.26 bits per heavy atom. The van der Waals surface area contributed by atoms with Gasteiger partial charge in [0, 0.05) is 16.7 Å². The van der Waals surface area contributed by atoms with Crippen LogP contribution in [0, 0.1) is 28.6 Å². The first kappa shape index (κ1) is 22.1. The summed E-state index contributed by atoms with van der Waals surface area (Å²) in [5.74, 6) is -0.465. The summed E-state index contributed by atoms with van der Waals surface area (Å²) in [4.78, 5) is 37.3. The van der Waals surface area contributed by atoms with Gasteiger partial charge in [-0.05, 0) is 63.0 Å². The molecule has 4 aliphatic rings. The normalized spacial score (nSPS) is 43.3. The highest BCUT2D eigenvalue weighted by molar-refractivity contribution is 6.01. The molecule has 3 unspecified atom stereocenters. The summed E-state index contributed by atoms with van der Waals surface area (Å²) >= 11 is 0. The molecule has 3 saturated carbocycles. The number of carbonyl (C=O) groups excluding carboxylic acids is 3. The quantitative estimate of drug-likeness (QED) is 0.683. The van der Waals surface area contributed by atoms with Gasteiger partial charge in [0.1, 0.15) is 0 Å². The van der Waals surface area contributed by atoms with Gasteiger partial charge < -0.3 is 19.3 Å². The minimum absolute atomic E-state index is 0.00512. The molecule has 7 heteroatoms. The third-order valence-electron chi connectivity index (χ3n) is 8.65. The van der Waals surface area contributed by atoms with E-state index in [2.05, 4.69) is 6.92 Å². The molecule has 7 atom stereocenters. The molecule has 0 aliphatic heterocycles. The number of ketones is 1. The van der Waals surface area contributed by atoms with Crippen molar-refractivity contribution in [3.8, 4) is 0 Å². The smallest absolute Gasteiger partial charge is 0.466 e. The Labute approximate surface area is 182 Å². The molecule has 0 saturated heterocycles. The first-order valence-corrected chi connectivity index (χ1v) is 11.2. The summed E-state index contributed by atoms with van der Waals surface area (Å²) in [7, 11) is 1.29. The molecule has 0 aromatic heterocycles. The van der Waals surface area contributed by atoms with Crippen molar-refractivity contribution in [1.82, 2.24) is 0 Å². The number of rotatable bonds is 3. The lowest BCUT2D eigenvalue weighted by Crippen LogP contribution is -2.62. The van der Waals surface area contributed by atoms with Crippen molar-refractivity contribution in [3.05, 3.63) is 23.8 Å². The van der Waals surface area contributed by atoms with Crippen LogP contribution in [0.25, 0.3) is 0 Å². The zero-order chi connectivity index (χ0) is 22.6. The van der Waals surface area contributed by atoms with Crippen LogP contribution in [0.4, 0.5) is 4.79 Å². The number of hydrogen-bond donors (Lipinski definition) is 1. The van der Waals surface area contributed by atoms with E-state index in [1.807, 2.05) is 13.0 Å². The van der Waals surface area contributed by atoms with Gasteiger partial charge in [-0.15, -0.1) is 0 Å². The van der Waals surface area contributed by atoms with Crippen LogP contribution < -0.4 is 0 Å². The summed E-state index contributed by atoms with van der Waals surface area (Å²) in [6.07, 6.45) is 6.59. The molecular weight excluding hydrogens is 400 g/mol. The number of ether oxygens (including phenoxy) is 3. The van der Waals surface area contributed by atoms with Gasteiger partial charge in [0.05, 0.1) is 19.8 Å². The van der Waals surface area contributed by atoms with Crippen LogP contribution in [-0.4, -0.2) is 48.4 Å². The van der Waals surface area contributed by atoms with Crippen molar-refractivity contribution in [3.63, 3.8) is 0 Å². The average molecular weight is 433 g/mol. The maximum Gasteiger partial charge on any atom is 0.509 e. The Morgan fingerprint density at radius 3 is 2.68 bits per heavy atom. The summed E-state index contributed by atoms with van der Waals surface area (Å²) in [5.41, 5.74) is -1.58. The van der Waals surface area contributed by atoms with Gasteiger partial charge in [0.25, 0.3) is 0 Å². The van der Waals surface area contributed by atoms with E-state index in [9.17, 15) is 19.5 Å². The molecule has 7 nitrogen and oxygen atoms in total. The van der Waals surface area contributed by atoms with Gasteiger partial charge >= 0.3 is 12.1 Å². The maximum absolute atomic E-state index is 13.0. The first-order valence-electron chi connectivity index (χ1n) is 11.2. The van der Waals surface area contributed by atoms with Gasteiger partial charge in [-0.1, -0.05) is 25.5 Å². The number of esters is 1. The zero-order valence-corrected chi connectivity index (χ0v) is 18.7. The second-order valence-electron chi connectivity index (χ2n) is 9.85. The van der Waals surface area contributed by atoms with Crippen LogP contribution in [0.3, 0.4) is 0 Å². The van der Waals surface area contributed by atoms with Gasteiger partial charge in [-0.3, -0.25) is 4.79 Å². The third-order valence-corrected chi connectivity index (χ3v) is 8.65. The third kappa shape index (κ3) is 2.99. The van der Waals surface area contributed by atoms with Crippen LogP contribution >= 0.6 is 0 Å². The number of fused-ring (bicyclic) bond motifs is 5. The molecule has 0 radical (unpaired) electrons. The van der Waals surface area contributed by atoms with E-state index in [0.29, 0.717) is 19.3 Å². The monoisotopic (exact) mass is 432 g/mol. The number of methoxy groups -OCH3 is 1. The van der Waals surface area contributed by atoms with Crippen LogP contribution in [0.1, 0.15) is 52.9 Å². The van der Waals surface area contributed by atoms with E-state index in [0.717, 1.165) is 18.4 Å². The fraction of sp³-hybridized carbons (Fsp3) is 0.708. The van der Waals surface area contributed by atoms with Gasteiger partial charge in [0.15, 0.2) is 5.78 Å². The van der Waals surface area contributed by atoms with Crippen molar-refractivity contribution in [2.24, 2.45) is 28.6 Å². The second kappa shape index (κ2) is 7.47. The number of carbonyl (C=O) groups is 3. The molecule has 170 valence electrons. The molecule has 0 bridgehead atoms. The molecule has 31 heavy (non-hydrogen) atoms. The summed E-state index contributed by atoms with van der Waals surface area (Å²) in [6, 6.07) is 0. The predicted octanol–water partition coefficient (Wildman–Crippen LogP) is 3.35. The van der Waals surface area contributed by atoms with E-state index in [1.54, 1.807) is 19.1 Å². The maximum atomic E-state index is 13.0. The van der Waals surface area contributed by atoms with E-state index < -0.39 is 34.7 Å². The lowest BCUT2D eigenvalue weighted by Gasteiger charge is -2.59. The number of allylic oxidation sites excluding steroid dienone is 4. The van der Waals surface area contributed by atoms with Crippen molar-refractivity contribution < 1.29 is 33.7 Å². The summed E-state index contributed by atoms with van der Waals surface area (Å²) < 4.78 is 15.8. The molecule has 0 aromatic rings. The van der Waals surface area contributed by atoms with Gasteiger partial charge in [0.2, 0.25) is 5.60 Å². The zero-order valence-electron chi connectivity index (χ0n) is 18.7. The van der Waals surface area contributed by atoms with E-state index >= 15 is 0 Å².